The first kappa shape index (κ1) is 6.89. The summed E-state index contributed by atoms with van der Waals surface area (Å²) in [5, 5.41) is 0. The molecule has 51 valence electrons. The highest BCUT2D eigenvalue weighted by molar-refractivity contribution is 6.01. The van der Waals surface area contributed by atoms with Gasteiger partial charge >= 0.3 is 0 Å². The van der Waals surface area contributed by atoms with Crippen molar-refractivity contribution in [3.8, 4) is 0 Å². The fourth-order valence-electron chi connectivity index (χ4n) is 0.605. The molecule has 1 radical (unpaired) electrons. The lowest BCUT2D eigenvalue weighted by molar-refractivity contribution is 0.102. The number of rotatable bonds is 2. The van der Waals surface area contributed by atoms with Crippen molar-refractivity contribution in [2.45, 2.75) is 0 Å². The van der Waals surface area contributed by atoms with Gasteiger partial charge in [0.05, 0.1) is 6.54 Å². The van der Waals surface area contributed by atoms with Gasteiger partial charge in [-0.2, -0.15) is 0 Å². The molecule has 0 aromatic carbocycles. The maximum Gasteiger partial charge on any atom is 0.183 e. The molecule has 1 aromatic rings. The Kier molecular flexibility index (Phi) is 2.12. The maximum absolute atomic E-state index is 10.8. The molecule has 0 aliphatic heterocycles. The Morgan fingerprint density at radius 3 is 3.00 bits per heavy atom. The molecular formula is C7H7N2O. The molecule has 3 nitrogen and oxygen atoms in total. The number of nitrogens with two attached hydrogens (primary N) is 1. The Labute approximate surface area is 58.9 Å². The number of Topliss-reactive ketones (excluding diaryl/α,β-unsaturated/α-hetero) is 1. The fourth-order valence-corrected chi connectivity index (χ4v) is 0.605. The summed E-state index contributed by atoms with van der Waals surface area (Å²) in [7, 11) is 0. The molecule has 1 heterocycles. The normalized spacial score (nSPS) is 9.30. The Bertz CT molecular complexity index is 220. The largest absolute Gasteiger partial charge is 0.320 e. The molecule has 0 atom stereocenters. The van der Waals surface area contributed by atoms with Crippen molar-refractivity contribution >= 4 is 5.78 Å². The van der Waals surface area contributed by atoms with Crippen molar-refractivity contribution in [2.24, 2.45) is 5.73 Å². The number of aromatic nitrogens is 1. The van der Waals surface area contributed by atoms with Gasteiger partial charge in [0.25, 0.3) is 0 Å². The first-order chi connectivity index (χ1) is 4.84. The van der Waals surface area contributed by atoms with E-state index in [0.717, 1.165) is 6.54 Å². The van der Waals surface area contributed by atoms with Crippen LogP contribution in [0.15, 0.2) is 24.5 Å². The number of pyridine rings is 1. The van der Waals surface area contributed by atoms with Gasteiger partial charge in [-0.05, 0) is 12.1 Å². The van der Waals surface area contributed by atoms with Crippen LogP contribution in [0.2, 0.25) is 0 Å². The lowest BCUT2D eigenvalue weighted by Crippen LogP contribution is -2.06. The van der Waals surface area contributed by atoms with E-state index in [2.05, 4.69) is 4.98 Å². The summed E-state index contributed by atoms with van der Waals surface area (Å²) in [6.07, 6.45) is 3.08. The van der Waals surface area contributed by atoms with Crippen LogP contribution in [-0.4, -0.2) is 10.8 Å². The molecule has 0 unspecified atom stereocenters. The molecule has 2 N–H and O–H groups in total. The number of nitrogens with zero attached hydrogens (tertiary/aromatic N) is 1. The SMILES string of the molecule is N[CH]C(=O)c1cccnc1. The second-order valence-corrected chi connectivity index (χ2v) is 1.77. The van der Waals surface area contributed by atoms with Crippen molar-refractivity contribution in [3.05, 3.63) is 36.6 Å². The Morgan fingerprint density at radius 2 is 2.50 bits per heavy atom. The van der Waals surface area contributed by atoms with Crippen molar-refractivity contribution in [1.82, 2.24) is 4.98 Å². The van der Waals surface area contributed by atoms with E-state index in [1.165, 1.54) is 6.20 Å². The van der Waals surface area contributed by atoms with E-state index >= 15 is 0 Å². The van der Waals surface area contributed by atoms with Crippen LogP contribution in [0.25, 0.3) is 0 Å². The molecule has 0 spiro atoms. The third kappa shape index (κ3) is 1.39. The van der Waals surface area contributed by atoms with Gasteiger partial charge in [0.2, 0.25) is 0 Å². The second kappa shape index (κ2) is 3.08. The first-order valence-electron chi connectivity index (χ1n) is 2.84. The fraction of sp³-hybridized carbons (Fsp3) is 0. The predicted octanol–water partition coefficient (Wildman–Crippen LogP) is 0.385. The van der Waals surface area contributed by atoms with E-state index in [-0.39, 0.29) is 5.78 Å². The van der Waals surface area contributed by atoms with E-state index in [4.69, 9.17) is 5.73 Å². The van der Waals surface area contributed by atoms with Gasteiger partial charge in [-0.15, -0.1) is 0 Å². The predicted molar refractivity (Wildman–Crippen MR) is 37.1 cm³/mol. The zero-order chi connectivity index (χ0) is 7.40. The highest BCUT2D eigenvalue weighted by Crippen LogP contribution is 1.96. The minimum atomic E-state index is -0.201. The number of hydrogen-bond acceptors (Lipinski definition) is 3. The smallest absolute Gasteiger partial charge is 0.183 e. The second-order valence-electron chi connectivity index (χ2n) is 1.77. The molecule has 3 heteroatoms. The van der Waals surface area contributed by atoms with Crippen LogP contribution in [0, 0.1) is 6.54 Å². The van der Waals surface area contributed by atoms with Crippen LogP contribution in [0.5, 0.6) is 0 Å². The third-order valence-corrected chi connectivity index (χ3v) is 1.10. The molecule has 0 fully saturated rings. The van der Waals surface area contributed by atoms with Crippen molar-refractivity contribution < 1.29 is 4.79 Å². The number of ketones is 1. The zero-order valence-corrected chi connectivity index (χ0v) is 5.32. The maximum atomic E-state index is 10.8. The standard InChI is InChI=1S/C7H7N2O/c8-4-7(10)6-2-1-3-9-5-6/h1-5H,8H2. The van der Waals surface area contributed by atoms with Gasteiger partial charge < -0.3 is 5.73 Å². The minimum absolute atomic E-state index is 0.201. The Morgan fingerprint density at radius 1 is 1.70 bits per heavy atom. The number of carbonyl (C=O) groups is 1. The van der Waals surface area contributed by atoms with Gasteiger partial charge in [0.15, 0.2) is 5.78 Å². The first-order valence-corrected chi connectivity index (χ1v) is 2.84. The van der Waals surface area contributed by atoms with E-state index in [9.17, 15) is 4.79 Å². The molecule has 1 rings (SSSR count). The molecule has 0 saturated heterocycles. The highest BCUT2D eigenvalue weighted by atomic mass is 16.1. The molecular weight excluding hydrogens is 128 g/mol. The summed E-state index contributed by atoms with van der Waals surface area (Å²) in [6, 6.07) is 3.36. The minimum Gasteiger partial charge on any atom is -0.320 e. The van der Waals surface area contributed by atoms with E-state index in [1.54, 1.807) is 18.3 Å². The zero-order valence-electron chi connectivity index (χ0n) is 5.32. The quantitative estimate of drug-likeness (QED) is 0.596. The average molecular weight is 135 g/mol. The van der Waals surface area contributed by atoms with Crippen LogP contribution in [0.1, 0.15) is 10.4 Å². The van der Waals surface area contributed by atoms with Crippen LogP contribution in [0.4, 0.5) is 0 Å². The van der Waals surface area contributed by atoms with Gasteiger partial charge in [-0.25, -0.2) is 0 Å². The summed E-state index contributed by atoms with van der Waals surface area (Å²) in [6.45, 7) is 1.02. The molecule has 1 aromatic heterocycles. The molecule has 0 amide bonds. The van der Waals surface area contributed by atoms with Crippen LogP contribution < -0.4 is 5.73 Å². The summed E-state index contributed by atoms with van der Waals surface area (Å²) in [5.74, 6) is -0.201. The van der Waals surface area contributed by atoms with E-state index < -0.39 is 0 Å². The van der Waals surface area contributed by atoms with Gasteiger partial charge in [-0.3, -0.25) is 9.78 Å². The van der Waals surface area contributed by atoms with E-state index in [1.807, 2.05) is 0 Å². The monoisotopic (exact) mass is 135 g/mol. The molecule has 10 heavy (non-hydrogen) atoms. The van der Waals surface area contributed by atoms with Crippen LogP contribution in [-0.2, 0) is 0 Å². The van der Waals surface area contributed by atoms with Crippen molar-refractivity contribution in [2.75, 3.05) is 0 Å². The van der Waals surface area contributed by atoms with Crippen molar-refractivity contribution in [3.63, 3.8) is 0 Å². The summed E-state index contributed by atoms with van der Waals surface area (Å²) >= 11 is 0. The topological polar surface area (TPSA) is 56.0 Å². The third-order valence-electron chi connectivity index (χ3n) is 1.10. The molecule has 0 bridgehead atoms. The Hall–Kier alpha value is -1.22. The summed E-state index contributed by atoms with van der Waals surface area (Å²) < 4.78 is 0. The van der Waals surface area contributed by atoms with Gasteiger partial charge in [-0.1, -0.05) is 0 Å². The van der Waals surface area contributed by atoms with Crippen LogP contribution in [0.3, 0.4) is 0 Å². The summed E-state index contributed by atoms with van der Waals surface area (Å²) in [5.41, 5.74) is 5.52. The number of hydrogen-bond donors (Lipinski definition) is 1. The van der Waals surface area contributed by atoms with Crippen molar-refractivity contribution in [1.29, 1.82) is 0 Å². The summed E-state index contributed by atoms with van der Waals surface area (Å²) in [4.78, 5) is 14.6. The molecule has 0 saturated carbocycles. The van der Waals surface area contributed by atoms with Gasteiger partial charge in [0.1, 0.15) is 0 Å². The highest BCUT2D eigenvalue weighted by Gasteiger charge is 2.00. The number of carbonyl (C=O) groups excluding carboxylic acids is 1. The Balaban J connectivity index is 2.85. The van der Waals surface area contributed by atoms with Crippen LogP contribution >= 0.6 is 0 Å². The molecule has 0 aliphatic rings. The lowest BCUT2D eigenvalue weighted by Gasteiger charge is -1.92. The average Bonchev–Trinajstić information content (AvgIpc) is 2.05. The lowest BCUT2D eigenvalue weighted by atomic mass is 10.2. The van der Waals surface area contributed by atoms with E-state index in [0.29, 0.717) is 5.56 Å². The van der Waals surface area contributed by atoms with Gasteiger partial charge in [0, 0.05) is 18.0 Å². The molecule has 0 aliphatic carbocycles.